The van der Waals surface area contributed by atoms with E-state index in [-0.39, 0.29) is 22.7 Å². The number of carbonyl (C=O) groups excluding carboxylic acids is 1. The smallest absolute Gasteiger partial charge is 0.351 e. The topological polar surface area (TPSA) is 71.5 Å². The number of nitrogens with zero attached hydrogens (tertiary/aromatic N) is 1. The lowest BCUT2D eigenvalue weighted by Gasteiger charge is -2.11. The highest BCUT2D eigenvalue weighted by atomic mass is 35.5. The SMILES string of the molecule is CC[C@@H](CO)Nc1nc(Cl)c(C(=O)OC)s1. The molecule has 1 aromatic heterocycles. The maximum absolute atomic E-state index is 11.3. The Morgan fingerprint density at radius 2 is 2.44 bits per heavy atom. The van der Waals surface area contributed by atoms with E-state index in [2.05, 4.69) is 15.0 Å². The molecular weight excluding hydrogens is 252 g/mol. The van der Waals surface area contributed by atoms with Gasteiger partial charge in [-0.3, -0.25) is 0 Å². The van der Waals surface area contributed by atoms with Crippen LogP contribution in [0.4, 0.5) is 5.13 Å². The Morgan fingerprint density at radius 1 is 1.75 bits per heavy atom. The van der Waals surface area contributed by atoms with E-state index in [4.69, 9.17) is 16.7 Å². The molecule has 0 aliphatic rings. The van der Waals surface area contributed by atoms with Gasteiger partial charge in [-0.2, -0.15) is 0 Å². The van der Waals surface area contributed by atoms with Gasteiger partial charge in [0.2, 0.25) is 0 Å². The summed E-state index contributed by atoms with van der Waals surface area (Å²) in [6.07, 6.45) is 0.751. The maximum atomic E-state index is 11.3. The van der Waals surface area contributed by atoms with Gasteiger partial charge in [0.25, 0.3) is 0 Å². The number of hydrogen-bond acceptors (Lipinski definition) is 6. The molecule has 0 radical (unpaired) electrons. The molecule has 16 heavy (non-hydrogen) atoms. The number of thiazole rings is 1. The summed E-state index contributed by atoms with van der Waals surface area (Å²) in [5, 5.41) is 12.6. The summed E-state index contributed by atoms with van der Waals surface area (Å²) in [6.45, 7) is 1.94. The Labute approximate surface area is 102 Å². The number of methoxy groups -OCH3 is 1. The van der Waals surface area contributed by atoms with Crippen molar-refractivity contribution >= 4 is 34.0 Å². The lowest BCUT2D eigenvalue weighted by molar-refractivity contribution is 0.0606. The molecule has 0 aliphatic carbocycles. The van der Waals surface area contributed by atoms with Gasteiger partial charge >= 0.3 is 5.97 Å². The van der Waals surface area contributed by atoms with Gasteiger partial charge in [-0.1, -0.05) is 29.9 Å². The monoisotopic (exact) mass is 264 g/mol. The summed E-state index contributed by atoms with van der Waals surface area (Å²) >= 11 is 6.90. The van der Waals surface area contributed by atoms with Gasteiger partial charge in [0.1, 0.15) is 0 Å². The van der Waals surface area contributed by atoms with Crippen LogP contribution in [0.25, 0.3) is 0 Å². The van der Waals surface area contributed by atoms with E-state index < -0.39 is 5.97 Å². The molecule has 0 saturated heterocycles. The van der Waals surface area contributed by atoms with E-state index in [1.807, 2.05) is 6.92 Å². The van der Waals surface area contributed by atoms with E-state index >= 15 is 0 Å². The number of halogens is 1. The summed E-state index contributed by atoms with van der Waals surface area (Å²) < 4.78 is 4.56. The highest BCUT2D eigenvalue weighted by Crippen LogP contribution is 2.28. The molecule has 90 valence electrons. The number of carbonyl (C=O) groups is 1. The fourth-order valence-electron chi connectivity index (χ4n) is 1.03. The molecule has 5 nitrogen and oxygen atoms in total. The van der Waals surface area contributed by atoms with Crippen LogP contribution in [0.15, 0.2) is 0 Å². The Bertz CT molecular complexity index is 366. The first kappa shape index (κ1) is 13.2. The Balaban J connectivity index is 2.80. The zero-order valence-corrected chi connectivity index (χ0v) is 10.6. The fraction of sp³-hybridized carbons (Fsp3) is 0.556. The van der Waals surface area contributed by atoms with Crippen LogP contribution in [0.3, 0.4) is 0 Å². The first-order chi connectivity index (χ1) is 7.62. The van der Waals surface area contributed by atoms with Crippen LogP contribution in [0.2, 0.25) is 5.15 Å². The van der Waals surface area contributed by atoms with Crippen molar-refractivity contribution in [1.29, 1.82) is 0 Å². The molecule has 0 bridgehead atoms. The number of aliphatic hydroxyl groups is 1. The van der Waals surface area contributed by atoms with Crippen LogP contribution < -0.4 is 5.32 Å². The lowest BCUT2D eigenvalue weighted by Crippen LogP contribution is -2.22. The van der Waals surface area contributed by atoms with Crippen molar-refractivity contribution in [1.82, 2.24) is 4.98 Å². The minimum Gasteiger partial charge on any atom is -0.465 e. The molecule has 1 aromatic rings. The minimum atomic E-state index is -0.507. The van der Waals surface area contributed by atoms with E-state index in [0.717, 1.165) is 17.8 Å². The van der Waals surface area contributed by atoms with Gasteiger partial charge in [-0.15, -0.1) is 0 Å². The van der Waals surface area contributed by atoms with E-state index in [1.54, 1.807) is 0 Å². The van der Waals surface area contributed by atoms with Crippen LogP contribution in [-0.4, -0.2) is 35.8 Å². The normalized spacial score (nSPS) is 12.2. The zero-order chi connectivity index (χ0) is 12.1. The third kappa shape index (κ3) is 3.07. The van der Waals surface area contributed by atoms with Crippen molar-refractivity contribution in [2.24, 2.45) is 0 Å². The Hall–Kier alpha value is -0.850. The summed E-state index contributed by atoms with van der Waals surface area (Å²) in [5.74, 6) is -0.507. The van der Waals surface area contributed by atoms with Crippen LogP contribution in [-0.2, 0) is 4.74 Å². The Morgan fingerprint density at radius 3 is 2.94 bits per heavy atom. The number of esters is 1. The summed E-state index contributed by atoms with van der Waals surface area (Å²) in [6, 6.07) is -0.0901. The molecule has 1 atom stereocenters. The zero-order valence-electron chi connectivity index (χ0n) is 8.99. The lowest BCUT2D eigenvalue weighted by atomic mass is 10.2. The Kier molecular flexibility index (Phi) is 4.98. The highest BCUT2D eigenvalue weighted by Gasteiger charge is 2.18. The number of nitrogens with one attached hydrogen (secondary N) is 1. The van der Waals surface area contributed by atoms with Crippen molar-refractivity contribution < 1.29 is 14.6 Å². The molecule has 2 N–H and O–H groups in total. The van der Waals surface area contributed by atoms with Gasteiger partial charge < -0.3 is 15.2 Å². The summed E-state index contributed by atoms with van der Waals surface area (Å²) in [5.41, 5.74) is 0. The van der Waals surface area contributed by atoms with Gasteiger partial charge in [0.05, 0.1) is 19.8 Å². The first-order valence-electron chi connectivity index (χ1n) is 4.74. The fourth-order valence-corrected chi connectivity index (χ4v) is 2.21. The molecule has 0 fully saturated rings. The van der Waals surface area contributed by atoms with Crippen LogP contribution in [0.1, 0.15) is 23.0 Å². The maximum Gasteiger partial charge on any atom is 0.351 e. The number of hydrogen-bond donors (Lipinski definition) is 2. The predicted molar refractivity (Wildman–Crippen MR) is 63.3 cm³/mol. The van der Waals surface area contributed by atoms with Crippen molar-refractivity contribution in [3.05, 3.63) is 10.0 Å². The van der Waals surface area contributed by atoms with Crippen molar-refractivity contribution in [3.8, 4) is 0 Å². The quantitative estimate of drug-likeness (QED) is 0.793. The number of aliphatic hydroxyl groups excluding tert-OH is 1. The standard InChI is InChI=1S/C9H13ClN2O3S/c1-3-5(4-13)11-9-12-7(10)6(16-9)8(14)15-2/h5,13H,3-4H2,1-2H3,(H,11,12)/t5-/m0/s1. The molecule has 7 heteroatoms. The van der Waals surface area contributed by atoms with E-state index in [9.17, 15) is 4.79 Å². The van der Waals surface area contributed by atoms with Crippen molar-refractivity contribution in [2.45, 2.75) is 19.4 Å². The average molecular weight is 265 g/mol. The molecule has 1 heterocycles. The summed E-state index contributed by atoms with van der Waals surface area (Å²) in [7, 11) is 1.29. The van der Waals surface area contributed by atoms with Crippen LogP contribution in [0, 0.1) is 0 Å². The number of aromatic nitrogens is 1. The van der Waals surface area contributed by atoms with Gasteiger partial charge in [0, 0.05) is 0 Å². The first-order valence-corrected chi connectivity index (χ1v) is 5.93. The van der Waals surface area contributed by atoms with Crippen LogP contribution >= 0.6 is 22.9 Å². The molecule has 0 unspecified atom stereocenters. The number of ether oxygens (including phenoxy) is 1. The molecule has 0 aromatic carbocycles. The number of anilines is 1. The molecular formula is C9H13ClN2O3S. The van der Waals surface area contributed by atoms with E-state index in [1.165, 1.54) is 7.11 Å². The van der Waals surface area contributed by atoms with E-state index in [0.29, 0.717) is 5.13 Å². The molecule has 0 spiro atoms. The number of rotatable bonds is 5. The predicted octanol–water partition coefficient (Wildman–Crippen LogP) is 1.77. The second-order valence-corrected chi connectivity index (χ2v) is 4.42. The minimum absolute atomic E-state index is 0.00125. The third-order valence-corrected chi connectivity index (χ3v) is 3.35. The second kappa shape index (κ2) is 6.03. The average Bonchev–Trinajstić information content (AvgIpc) is 2.66. The highest BCUT2D eigenvalue weighted by molar-refractivity contribution is 7.18. The summed E-state index contributed by atoms with van der Waals surface area (Å²) in [4.78, 5) is 15.5. The van der Waals surface area contributed by atoms with Crippen molar-refractivity contribution in [2.75, 3.05) is 19.0 Å². The van der Waals surface area contributed by atoms with Gasteiger partial charge in [-0.25, -0.2) is 9.78 Å². The molecule has 1 rings (SSSR count). The largest absolute Gasteiger partial charge is 0.465 e. The van der Waals surface area contributed by atoms with Gasteiger partial charge in [0.15, 0.2) is 15.2 Å². The molecule has 0 amide bonds. The molecule has 0 aliphatic heterocycles. The second-order valence-electron chi connectivity index (χ2n) is 3.06. The van der Waals surface area contributed by atoms with Gasteiger partial charge in [-0.05, 0) is 6.42 Å². The third-order valence-electron chi connectivity index (χ3n) is 2.00. The van der Waals surface area contributed by atoms with Crippen molar-refractivity contribution in [3.63, 3.8) is 0 Å². The molecule has 0 saturated carbocycles. The van der Waals surface area contributed by atoms with Crippen LogP contribution in [0.5, 0.6) is 0 Å².